The minimum atomic E-state index is -3.39. The van der Waals surface area contributed by atoms with Crippen LogP contribution < -0.4 is 15.2 Å². The number of benzene rings is 1. The number of hydrogen-bond acceptors (Lipinski definition) is 3. The Balaban J connectivity index is 2.86. The van der Waals surface area contributed by atoms with Crippen LogP contribution in [0.2, 0.25) is 0 Å². The van der Waals surface area contributed by atoms with Crippen LogP contribution in [0.15, 0.2) is 29.2 Å². The van der Waals surface area contributed by atoms with E-state index >= 15 is 0 Å². The molecule has 0 amide bonds. The Morgan fingerprint density at radius 3 is 2.40 bits per heavy atom. The Morgan fingerprint density at radius 2 is 1.93 bits per heavy atom. The number of nitrogens with one attached hydrogen (secondary N) is 1. The zero-order chi connectivity index (χ0) is 11.3. The molecule has 84 valence electrons. The van der Waals surface area contributed by atoms with Crippen molar-refractivity contribution >= 4 is 10.0 Å². The number of rotatable bonds is 5. The smallest absolute Gasteiger partial charge is 0.240 e. The summed E-state index contributed by atoms with van der Waals surface area (Å²) in [6.45, 7) is 0.865. The molecule has 0 heterocycles. The lowest BCUT2D eigenvalue weighted by Crippen LogP contribution is -2.54. The number of hydrogen-bond donors (Lipinski definition) is 2. The summed E-state index contributed by atoms with van der Waals surface area (Å²) in [5.74, 6) is 0.631. The van der Waals surface area contributed by atoms with E-state index in [9.17, 15) is 8.42 Å². The van der Waals surface area contributed by atoms with Crippen LogP contribution in [0.5, 0.6) is 5.75 Å². The Kier molecular flexibility index (Phi) is 4.07. The molecule has 0 fully saturated rings. The zero-order valence-corrected chi connectivity index (χ0v) is 9.38. The van der Waals surface area contributed by atoms with E-state index in [2.05, 4.69) is 10.5 Å². The lowest BCUT2D eigenvalue weighted by molar-refractivity contribution is -0.364. The van der Waals surface area contributed by atoms with Gasteiger partial charge in [-0.25, -0.2) is 13.1 Å². The maximum absolute atomic E-state index is 11.6. The lowest BCUT2D eigenvalue weighted by atomic mass is 10.3. The van der Waals surface area contributed by atoms with E-state index in [-0.39, 0.29) is 4.90 Å². The van der Waals surface area contributed by atoms with Gasteiger partial charge in [-0.15, -0.1) is 0 Å². The Labute approximate surface area is 89.3 Å². The van der Waals surface area contributed by atoms with Crippen molar-refractivity contribution < 1.29 is 18.9 Å². The van der Waals surface area contributed by atoms with Gasteiger partial charge in [0.2, 0.25) is 10.0 Å². The SMILES string of the molecule is COc1ccc(S(=O)(=O)NCC[NH3+])cc1. The standard InChI is InChI=1S/C9H14N2O3S/c1-14-8-2-4-9(5-3-8)15(12,13)11-7-6-10/h2-5,11H,6-7,10H2,1H3/p+1. The second kappa shape index (κ2) is 5.11. The molecule has 4 N–H and O–H groups in total. The molecule has 0 bridgehead atoms. The van der Waals surface area contributed by atoms with Crippen molar-refractivity contribution in [3.8, 4) is 5.75 Å². The molecule has 0 aliphatic carbocycles. The van der Waals surface area contributed by atoms with Crippen LogP contribution in [0.25, 0.3) is 0 Å². The van der Waals surface area contributed by atoms with E-state index in [1.807, 2.05) is 0 Å². The fraction of sp³-hybridized carbons (Fsp3) is 0.333. The first-order chi connectivity index (χ1) is 7.10. The maximum atomic E-state index is 11.6. The van der Waals surface area contributed by atoms with Crippen LogP contribution in [0.4, 0.5) is 0 Å². The predicted octanol–water partition coefficient (Wildman–Crippen LogP) is -0.785. The molecule has 1 aromatic rings. The summed E-state index contributed by atoms with van der Waals surface area (Å²) in [7, 11) is -1.86. The third-order valence-electron chi connectivity index (χ3n) is 1.84. The van der Waals surface area contributed by atoms with Gasteiger partial charge < -0.3 is 10.5 Å². The minimum absolute atomic E-state index is 0.233. The third-order valence-corrected chi connectivity index (χ3v) is 3.32. The van der Waals surface area contributed by atoms with E-state index in [0.29, 0.717) is 18.8 Å². The number of ether oxygens (including phenoxy) is 1. The van der Waals surface area contributed by atoms with E-state index in [4.69, 9.17) is 4.74 Å². The molecule has 5 nitrogen and oxygen atoms in total. The third kappa shape index (κ3) is 3.19. The maximum Gasteiger partial charge on any atom is 0.240 e. The Hall–Kier alpha value is -1.11. The van der Waals surface area contributed by atoms with Crippen molar-refractivity contribution in [3.63, 3.8) is 0 Å². The predicted molar refractivity (Wildman–Crippen MR) is 55.9 cm³/mol. The van der Waals surface area contributed by atoms with Gasteiger partial charge in [-0.3, -0.25) is 0 Å². The average molecular weight is 231 g/mol. The molecule has 6 heteroatoms. The van der Waals surface area contributed by atoms with Crippen LogP contribution in [-0.2, 0) is 10.0 Å². The summed E-state index contributed by atoms with van der Waals surface area (Å²) in [6, 6.07) is 6.23. The molecule has 0 aromatic heterocycles. The fourth-order valence-electron chi connectivity index (χ4n) is 1.04. The highest BCUT2D eigenvalue weighted by Crippen LogP contribution is 2.14. The van der Waals surface area contributed by atoms with Crippen LogP contribution in [0.3, 0.4) is 0 Å². The van der Waals surface area contributed by atoms with Gasteiger partial charge in [-0.1, -0.05) is 0 Å². The zero-order valence-electron chi connectivity index (χ0n) is 8.56. The molecule has 1 rings (SSSR count). The van der Waals surface area contributed by atoms with Gasteiger partial charge in [0.15, 0.2) is 0 Å². The summed E-state index contributed by atoms with van der Waals surface area (Å²) in [6.07, 6.45) is 0. The summed E-state index contributed by atoms with van der Waals surface area (Å²) in [4.78, 5) is 0.233. The molecule has 0 saturated carbocycles. The highest BCUT2D eigenvalue weighted by molar-refractivity contribution is 7.89. The second-order valence-corrected chi connectivity index (χ2v) is 4.69. The average Bonchev–Trinajstić information content (AvgIpc) is 2.26. The van der Waals surface area contributed by atoms with Gasteiger partial charge in [-0.05, 0) is 24.3 Å². The van der Waals surface area contributed by atoms with Gasteiger partial charge >= 0.3 is 0 Å². The van der Waals surface area contributed by atoms with E-state index in [0.717, 1.165) is 0 Å². The molecule has 0 spiro atoms. The molecule has 0 aliphatic rings. The molecule has 0 aliphatic heterocycles. The molecular formula is C9H15N2O3S+. The van der Waals surface area contributed by atoms with Crippen LogP contribution >= 0.6 is 0 Å². The summed E-state index contributed by atoms with van der Waals surface area (Å²) < 4.78 is 30.6. The molecular weight excluding hydrogens is 216 g/mol. The summed E-state index contributed by atoms with van der Waals surface area (Å²) >= 11 is 0. The highest BCUT2D eigenvalue weighted by Gasteiger charge is 2.12. The number of sulfonamides is 1. The van der Waals surface area contributed by atoms with Crippen LogP contribution in [0.1, 0.15) is 0 Å². The Morgan fingerprint density at radius 1 is 1.33 bits per heavy atom. The number of methoxy groups -OCH3 is 1. The first kappa shape index (κ1) is 12.0. The van der Waals surface area contributed by atoms with Crippen molar-refractivity contribution in [2.45, 2.75) is 4.90 Å². The minimum Gasteiger partial charge on any atom is -0.497 e. The molecule has 1 aromatic carbocycles. The normalized spacial score (nSPS) is 11.3. The van der Waals surface area contributed by atoms with Crippen LogP contribution in [0, 0.1) is 0 Å². The molecule has 0 saturated heterocycles. The van der Waals surface area contributed by atoms with Crippen molar-refractivity contribution in [2.24, 2.45) is 0 Å². The topological polar surface area (TPSA) is 83.0 Å². The van der Waals surface area contributed by atoms with E-state index in [1.165, 1.54) is 19.2 Å². The lowest BCUT2D eigenvalue weighted by Gasteiger charge is -2.05. The first-order valence-corrected chi connectivity index (χ1v) is 6.01. The van der Waals surface area contributed by atoms with Gasteiger partial charge in [0, 0.05) is 0 Å². The van der Waals surface area contributed by atoms with Gasteiger partial charge in [0.05, 0.1) is 25.1 Å². The second-order valence-electron chi connectivity index (χ2n) is 2.93. The van der Waals surface area contributed by atoms with Crippen molar-refractivity contribution in [1.29, 1.82) is 0 Å². The summed E-state index contributed by atoms with van der Waals surface area (Å²) in [5, 5.41) is 0. The van der Waals surface area contributed by atoms with Crippen LogP contribution in [-0.4, -0.2) is 28.6 Å². The molecule has 0 radical (unpaired) electrons. The fourth-order valence-corrected chi connectivity index (χ4v) is 2.12. The number of quaternary nitrogens is 1. The van der Waals surface area contributed by atoms with Gasteiger partial charge in [0.25, 0.3) is 0 Å². The monoisotopic (exact) mass is 231 g/mol. The Bertz CT molecular complexity index is 400. The highest BCUT2D eigenvalue weighted by atomic mass is 32.2. The van der Waals surface area contributed by atoms with Crippen molar-refractivity contribution in [3.05, 3.63) is 24.3 Å². The van der Waals surface area contributed by atoms with E-state index in [1.54, 1.807) is 12.1 Å². The van der Waals surface area contributed by atoms with Gasteiger partial charge in [0.1, 0.15) is 5.75 Å². The van der Waals surface area contributed by atoms with Gasteiger partial charge in [-0.2, -0.15) is 0 Å². The molecule has 0 unspecified atom stereocenters. The first-order valence-electron chi connectivity index (χ1n) is 4.53. The van der Waals surface area contributed by atoms with Crippen molar-refractivity contribution in [2.75, 3.05) is 20.2 Å². The molecule has 15 heavy (non-hydrogen) atoms. The quantitative estimate of drug-likeness (QED) is 0.697. The largest absolute Gasteiger partial charge is 0.497 e. The molecule has 0 atom stereocenters. The summed E-state index contributed by atoms with van der Waals surface area (Å²) in [5.41, 5.74) is 3.56. The van der Waals surface area contributed by atoms with E-state index < -0.39 is 10.0 Å². The van der Waals surface area contributed by atoms with Crippen molar-refractivity contribution in [1.82, 2.24) is 4.72 Å².